The van der Waals surface area contributed by atoms with Crippen LogP contribution in [-0.4, -0.2) is 38.0 Å². The fourth-order valence-electron chi connectivity index (χ4n) is 3.04. The van der Waals surface area contributed by atoms with Crippen LogP contribution in [0.2, 0.25) is 0 Å². The highest BCUT2D eigenvalue weighted by atomic mass is 32.2. The molecule has 0 bridgehead atoms. The molecule has 0 amide bonds. The normalized spacial score (nSPS) is 23.3. The van der Waals surface area contributed by atoms with E-state index in [1.54, 1.807) is 25.3 Å². The topological polar surface area (TPSA) is 66.8 Å². The molecule has 0 spiro atoms. The van der Waals surface area contributed by atoms with Gasteiger partial charge in [0, 0.05) is 12.6 Å². The van der Waals surface area contributed by atoms with Crippen molar-refractivity contribution < 1.29 is 18.3 Å². The van der Waals surface area contributed by atoms with Gasteiger partial charge in [0.2, 0.25) is 10.0 Å². The fraction of sp³-hybridized carbons (Fsp3) is 0.294. The van der Waals surface area contributed by atoms with Crippen LogP contribution in [0.1, 0.15) is 17.2 Å². The minimum Gasteiger partial charge on any atom is -0.496 e. The molecule has 122 valence electrons. The standard InChI is InChI=1S/C17H19NO4S/c1-18-14(11-12-7-3-5-9-15(12)22-2)17(19)13-8-4-6-10-16(13)23(18,20)21/h3-10,14,17,19H,11H2,1-2H3/t14-,17-/m0/s1. The van der Waals surface area contributed by atoms with Crippen LogP contribution in [0.15, 0.2) is 53.4 Å². The van der Waals surface area contributed by atoms with Gasteiger partial charge in [0.05, 0.1) is 24.2 Å². The Hall–Kier alpha value is -1.89. The Kier molecular flexibility index (Phi) is 4.14. The van der Waals surface area contributed by atoms with Crippen LogP contribution in [0.4, 0.5) is 0 Å². The van der Waals surface area contributed by atoms with Crippen molar-refractivity contribution in [1.82, 2.24) is 4.31 Å². The summed E-state index contributed by atoms with van der Waals surface area (Å²) in [6.07, 6.45) is -0.514. The molecule has 1 heterocycles. The largest absolute Gasteiger partial charge is 0.496 e. The second-order valence-corrected chi connectivity index (χ2v) is 7.55. The maximum atomic E-state index is 12.7. The number of sulfonamides is 1. The summed E-state index contributed by atoms with van der Waals surface area (Å²) in [5.41, 5.74) is 1.31. The molecule has 1 N–H and O–H groups in total. The molecular formula is C17H19NO4S. The van der Waals surface area contributed by atoms with Crippen LogP contribution in [0.25, 0.3) is 0 Å². The van der Waals surface area contributed by atoms with Crippen LogP contribution < -0.4 is 4.74 Å². The number of likely N-dealkylation sites (N-methyl/N-ethyl adjacent to an activating group) is 1. The molecule has 0 aromatic heterocycles. The first-order chi connectivity index (χ1) is 11.0. The smallest absolute Gasteiger partial charge is 0.243 e. The van der Waals surface area contributed by atoms with E-state index >= 15 is 0 Å². The summed E-state index contributed by atoms with van der Waals surface area (Å²) in [4.78, 5) is 0.172. The number of methoxy groups -OCH3 is 1. The van der Waals surface area contributed by atoms with Crippen LogP contribution in [0.3, 0.4) is 0 Å². The summed E-state index contributed by atoms with van der Waals surface area (Å²) in [7, 11) is -0.526. The fourth-order valence-corrected chi connectivity index (χ4v) is 4.63. The third-order valence-electron chi connectivity index (χ3n) is 4.35. The molecule has 23 heavy (non-hydrogen) atoms. The monoisotopic (exact) mass is 333 g/mol. The Balaban J connectivity index is 2.04. The van der Waals surface area contributed by atoms with E-state index in [1.807, 2.05) is 24.3 Å². The summed E-state index contributed by atoms with van der Waals surface area (Å²) in [5, 5.41) is 10.7. The van der Waals surface area contributed by atoms with E-state index in [-0.39, 0.29) is 4.90 Å². The zero-order valence-electron chi connectivity index (χ0n) is 13.0. The quantitative estimate of drug-likeness (QED) is 0.933. The number of aliphatic hydroxyl groups excluding tert-OH is 1. The number of aliphatic hydroxyl groups is 1. The molecular weight excluding hydrogens is 314 g/mol. The first-order valence-corrected chi connectivity index (χ1v) is 8.77. The highest BCUT2D eigenvalue weighted by molar-refractivity contribution is 7.89. The Labute approximate surface area is 136 Å². The number of fused-ring (bicyclic) bond motifs is 1. The molecule has 0 radical (unpaired) electrons. The SMILES string of the molecule is COc1ccccc1C[C@H]1[C@@H](O)c2ccccc2S(=O)(=O)N1C. The van der Waals surface area contributed by atoms with Crippen molar-refractivity contribution in [3.63, 3.8) is 0 Å². The number of benzene rings is 2. The summed E-state index contributed by atoms with van der Waals surface area (Å²) in [6, 6.07) is 13.5. The van der Waals surface area contributed by atoms with E-state index in [0.717, 1.165) is 5.56 Å². The second-order valence-electron chi connectivity index (χ2n) is 5.59. The van der Waals surface area contributed by atoms with E-state index in [4.69, 9.17) is 4.74 Å². The first-order valence-electron chi connectivity index (χ1n) is 7.33. The molecule has 0 unspecified atom stereocenters. The zero-order chi connectivity index (χ0) is 16.6. The van der Waals surface area contributed by atoms with Gasteiger partial charge in [0.15, 0.2) is 0 Å². The molecule has 2 aromatic carbocycles. The summed E-state index contributed by atoms with van der Waals surface area (Å²) >= 11 is 0. The second kappa shape index (κ2) is 5.96. The Morgan fingerprint density at radius 3 is 2.52 bits per heavy atom. The van der Waals surface area contributed by atoms with Gasteiger partial charge in [-0.1, -0.05) is 36.4 Å². The molecule has 1 aliphatic rings. The molecule has 6 heteroatoms. The van der Waals surface area contributed by atoms with Gasteiger partial charge < -0.3 is 9.84 Å². The van der Waals surface area contributed by atoms with Gasteiger partial charge in [-0.2, -0.15) is 4.31 Å². The minimum absolute atomic E-state index is 0.172. The maximum Gasteiger partial charge on any atom is 0.243 e. The van der Waals surface area contributed by atoms with Crippen molar-refractivity contribution in [3.05, 3.63) is 59.7 Å². The van der Waals surface area contributed by atoms with Crippen molar-refractivity contribution in [2.45, 2.75) is 23.5 Å². The Bertz CT molecular complexity index is 819. The van der Waals surface area contributed by atoms with Gasteiger partial charge in [0.25, 0.3) is 0 Å². The average Bonchev–Trinajstić information content (AvgIpc) is 2.57. The minimum atomic E-state index is -3.61. The maximum absolute atomic E-state index is 12.7. The lowest BCUT2D eigenvalue weighted by Gasteiger charge is -2.37. The lowest BCUT2D eigenvalue weighted by atomic mass is 9.95. The van der Waals surface area contributed by atoms with E-state index in [1.165, 1.54) is 17.4 Å². The van der Waals surface area contributed by atoms with Gasteiger partial charge in [-0.3, -0.25) is 0 Å². The Morgan fingerprint density at radius 1 is 1.13 bits per heavy atom. The lowest BCUT2D eigenvalue weighted by Crippen LogP contribution is -2.46. The first kappa shape index (κ1) is 16.0. The number of nitrogens with zero attached hydrogens (tertiary/aromatic N) is 1. The van der Waals surface area contributed by atoms with Crippen LogP contribution in [-0.2, 0) is 16.4 Å². The highest BCUT2D eigenvalue weighted by Gasteiger charge is 2.41. The van der Waals surface area contributed by atoms with Crippen molar-refractivity contribution >= 4 is 10.0 Å². The highest BCUT2D eigenvalue weighted by Crippen LogP contribution is 2.37. The molecule has 2 atom stereocenters. The molecule has 0 saturated carbocycles. The number of hydrogen-bond acceptors (Lipinski definition) is 4. The molecule has 5 nitrogen and oxygen atoms in total. The third kappa shape index (κ3) is 2.63. The van der Waals surface area contributed by atoms with Crippen LogP contribution >= 0.6 is 0 Å². The number of hydrogen-bond donors (Lipinski definition) is 1. The molecule has 0 fully saturated rings. The predicted octanol–water partition coefficient (Wildman–Crippen LogP) is 1.97. The van der Waals surface area contributed by atoms with E-state index in [9.17, 15) is 13.5 Å². The van der Waals surface area contributed by atoms with Gasteiger partial charge in [-0.15, -0.1) is 0 Å². The average molecular weight is 333 g/mol. The van der Waals surface area contributed by atoms with Crippen molar-refractivity contribution in [2.24, 2.45) is 0 Å². The lowest BCUT2D eigenvalue weighted by molar-refractivity contribution is 0.0888. The van der Waals surface area contributed by atoms with Gasteiger partial charge in [-0.25, -0.2) is 8.42 Å². The van der Waals surface area contributed by atoms with Crippen LogP contribution in [0.5, 0.6) is 5.75 Å². The molecule has 3 rings (SSSR count). The number of ether oxygens (including phenoxy) is 1. The van der Waals surface area contributed by atoms with Gasteiger partial charge >= 0.3 is 0 Å². The van der Waals surface area contributed by atoms with Crippen LogP contribution in [0, 0.1) is 0 Å². The molecule has 0 saturated heterocycles. The van der Waals surface area contributed by atoms with Gasteiger partial charge in [0.1, 0.15) is 5.75 Å². The number of rotatable bonds is 3. The van der Waals surface area contributed by atoms with E-state index < -0.39 is 22.2 Å². The number of para-hydroxylation sites is 1. The third-order valence-corrected chi connectivity index (χ3v) is 6.30. The van der Waals surface area contributed by atoms with E-state index in [0.29, 0.717) is 17.7 Å². The zero-order valence-corrected chi connectivity index (χ0v) is 13.8. The summed E-state index contributed by atoms with van der Waals surface area (Å²) in [5.74, 6) is 0.685. The van der Waals surface area contributed by atoms with Crippen molar-refractivity contribution in [1.29, 1.82) is 0 Å². The summed E-state index contributed by atoms with van der Waals surface area (Å²) in [6.45, 7) is 0. The van der Waals surface area contributed by atoms with Crippen molar-refractivity contribution in [3.8, 4) is 5.75 Å². The predicted molar refractivity (Wildman–Crippen MR) is 86.8 cm³/mol. The summed E-state index contributed by atoms with van der Waals surface area (Å²) < 4.78 is 32.0. The molecule has 1 aliphatic heterocycles. The van der Waals surface area contributed by atoms with Crippen molar-refractivity contribution in [2.75, 3.05) is 14.2 Å². The van der Waals surface area contributed by atoms with Gasteiger partial charge in [-0.05, 0) is 24.1 Å². The molecule has 0 aliphatic carbocycles. The van der Waals surface area contributed by atoms with E-state index in [2.05, 4.69) is 0 Å². The molecule has 2 aromatic rings. The Morgan fingerprint density at radius 2 is 1.78 bits per heavy atom.